The average Bonchev–Trinajstić information content (AvgIpc) is 2.45. The molecule has 7 heteroatoms. The van der Waals surface area contributed by atoms with Gasteiger partial charge in [-0.05, 0) is 30.7 Å². The van der Waals surface area contributed by atoms with E-state index in [2.05, 4.69) is 15.6 Å². The fourth-order valence-electron chi connectivity index (χ4n) is 1.34. The number of benzene rings is 1. The third-order valence-corrected chi connectivity index (χ3v) is 2.68. The van der Waals surface area contributed by atoms with Crippen molar-refractivity contribution in [2.24, 2.45) is 0 Å². The third-order valence-electron chi connectivity index (χ3n) is 2.43. The van der Waals surface area contributed by atoms with Crippen LogP contribution in [0.4, 0.5) is 5.69 Å². The van der Waals surface area contributed by atoms with Crippen molar-refractivity contribution in [2.45, 2.75) is 19.3 Å². The molecule has 6 nitrogen and oxygen atoms in total. The van der Waals surface area contributed by atoms with Crippen molar-refractivity contribution in [3.8, 4) is 0 Å². The van der Waals surface area contributed by atoms with Crippen molar-refractivity contribution >= 4 is 34.9 Å². The predicted molar refractivity (Wildman–Crippen MR) is 74.1 cm³/mol. The number of hydrogen-bond donors (Lipinski definition) is 2. The number of Topliss-reactive ketones (excluding diaryl/α,β-unsaturated/α-hetero) is 1. The van der Waals surface area contributed by atoms with Crippen LogP contribution in [0.5, 0.6) is 0 Å². The summed E-state index contributed by atoms with van der Waals surface area (Å²) in [5.41, 5.74) is 5.47. The number of anilines is 1. The second-order valence-electron chi connectivity index (χ2n) is 3.94. The molecule has 0 aromatic heterocycles. The van der Waals surface area contributed by atoms with Crippen LogP contribution in [0.25, 0.3) is 0 Å². The number of halogens is 1. The molecule has 0 radical (unpaired) electrons. The zero-order valence-corrected chi connectivity index (χ0v) is 11.7. The van der Waals surface area contributed by atoms with E-state index in [0.717, 1.165) is 0 Å². The Balaban J connectivity index is 2.29. The lowest BCUT2D eigenvalue weighted by atomic mass is 10.2. The first-order valence-electron chi connectivity index (χ1n) is 5.94. The fraction of sp³-hybridized carbons (Fsp3) is 0.308. The maximum Gasteiger partial charge on any atom is 0.305 e. The first-order valence-corrected chi connectivity index (χ1v) is 6.32. The number of amides is 1. The molecule has 1 aromatic carbocycles. The largest absolute Gasteiger partial charge is 0.469 e. The van der Waals surface area contributed by atoms with Crippen molar-refractivity contribution in [2.75, 3.05) is 12.5 Å². The molecule has 0 heterocycles. The van der Waals surface area contributed by atoms with Crippen LogP contribution in [0.15, 0.2) is 24.3 Å². The Kier molecular flexibility index (Phi) is 6.52. The highest BCUT2D eigenvalue weighted by molar-refractivity contribution is 6.36. The first-order chi connectivity index (χ1) is 9.52. The van der Waals surface area contributed by atoms with Crippen LogP contribution in [0, 0.1) is 0 Å². The van der Waals surface area contributed by atoms with E-state index in [1.807, 2.05) is 0 Å². The second-order valence-corrected chi connectivity index (χ2v) is 4.38. The summed E-state index contributed by atoms with van der Waals surface area (Å²) in [5.74, 6) is -1.77. The fourth-order valence-corrected chi connectivity index (χ4v) is 1.47. The van der Waals surface area contributed by atoms with E-state index in [0.29, 0.717) is 10.7 Å². The molecule has 1 rings (SSSR count). The molecule has 108 valence electrons. The molecule has 0 unspecified atom stereocenters. The molecule has 20 heavy (non-hydrogen) atoms. The third kappa shape index (κ3) is 5.71. The predicted octanol–water partition coefficient (Wildman–Crippen LogP) is 1.70. The van der Waals surface area contributed by atoms with Crippen LogP contribution in [0.1, 0.15) is 19.3 Å². The van der Waals surface area contributed by atoms with E-state index in [1.54, 1.807) is 24.3 Å². The van der Waals surface area contributed by atoms with Gasteiger partial charge >= 0.3 is 11.9 Å². The van der Waals surface area contributed by atoms with E-state index in [-0.39, 0.29) is 19.3 Å². The summed E-state index contributed by atoms with van der Waals surface area (Å²) in [6, 6.07) is 6.61. The van der Waals surface area contributed by atoms with Crippen LogP contribution in [0.2, 0.25) is 5.02 Å². The topological polar surface area (TPSA) is 84.5 Å². The molecule has 0 atom stereocenters. The van der Waals surface area contributed by atoms with Gasteiger partial charge in [-0.1, -0.05) is 11.6 Å². The lowest BCUT2D eigenvalue weighted by Crippen LogP contribution is -2.35. The van der Waals surface area contributed by atoms with Crippen molar-refractivity contribution in [3.63, 3.8) is 0 Å². The SMILES string of the molecule is COC(=O)CCCC(=O)C(=O)NNc1ccc(Cl)cc1. The Hall–Kier alpha value is -2.08. The number of nitrogens with one attached hydrogen (secondary N) is 2. The van der Waals surface area contributed by atoms with E-state index in [4.69, 9.17) is 11.6 Å². The standard InChI is InChI=1S/C13H15ClN2O4/c1-20-12(18)4-2-3-11(17)13(19)16-15-10-7-5-9(14)6-8-10/h5-8,15H,2-4H2,1H3,(H,16,19). The van der Waals surface area contributed by atoms with Crippen LogP contribution in [-0.2, 0) is 19.1 Å². The van der Waals surface area contributed by atoms with E-state index >= 15 is 0 Å². The Bertz CT molecular complexity index is 488. The highest BCUT2D eigenvalue weighted by atomic mass is 35.5. The maximum atomic E-state index is 11.5. The first kappa shape index (κ1) is 16.0. The number of carbonyl (C=O) groups is 3. The molecule has 1 aromatic rings. The molecule has 0 saturated carbocycles. The summed E-state index contributed by atoms with van der Waals surface area (Å²) < 4.78 is 4.43. The summed E-state index contributed by atoms with van der Waals surface area (Å²) in [5, 5.41) is 0.570. The van der Waals surface area contributed by atoms with Crippen molar-refractivity contribution < 1.29 is 19.1 Å². The number of ether oxygens (including phenoxy) is 1. The lowest BCUT2D eigenvalue weighted by Gasteiger charge is -2.07. The molecule has 0 fully saturated rings. The minimum absolute atomic E-state index is 0.0107. The molecule has 2 N–H and O–H groups in total. The smallest absolute Gasteiger partial charge is 0.305 e. The summed E-state index contributed by atoms with van der Waals surface area (Å²) in [4.78, 5) is 33.8. The Morgan fingerprint density at radius 1 is 1.15 bits per heavy atom. The van der Waals surface area contributed by atoms with E-state index in [9.17, 15) is 14.4 Å². The molecule has 0 aliphatic rings. The minimum atomic E-state index is -0.759. The average molecular weight is 299 g/mol. The molecule has 0 aliphatic carbocycles. The minimum Gasteiger partial charge on any atom is -0.469 e. The van der Waals surface area contributed by atoms with Crippen LogP contribution in [-0.4, -0.2) is 24.8 Å². The van der Waals surface area contributed by atoms with E-state index < -0.39 is 17.7 Å². The highest BCUT2D eigenvalue weighted by Gasteiger charge is 2.13. The van der Waals surface area contributed by atoms with Gasteiger partial charge in [0.1, 0.15) is 0 Å². The van der Waals surface area contributed by atoms with E-state index in [1.165, 1.54) is 7.11 Å². The van der Waals surface area contributed by atoms with Gasteiger partial charge in [-0.3, -0.25) is 25.2 Å². The molecule has 1 amide bonds. The number of hydrogen-bond acceptors (Lipinski definition) is 5. The number of esters is 1. The maximum absolute atomic E-state index is 11.5. The highest BCUT2D eigenvalue weighted by Crippen LogP contribution is 2.12. The van der Waals surface area contributed by atoms with Crippen molar-refractivity contribution in [1.82, 2.24) is 5.43 Å². The Morgan fingerprint density at radius 3 is 2.40 bits per heavy atom. The van der Waals surface area contributed by atoms with Gasteiger partial charge in [0.15, 0.2) is 0 Å². The van der Waals surface area contributed by atoms with Gasteiger partial charge in [0.25, 0.3) is 0 Å². The number of rotatable bonds is 7. The number of hydrazine groups is 1. The summed E-state index contributed by atoms with van der Waals surface area (Å²) >= 11 is 5.71. The van der Waals surface area contributed by atoms with Gasteiger partial charge in [0.2, 0.25) is 5.78 Å². The number of carbonyl (C=O) groups excluding carboxylic acids is 3. The van der Waals surface area contributed by atoms with Gasteiger partial charge in [-0.25, -0.2) is 0 Å². The Labute approximate surface area is 121 Å². The lowest BCUT2D eigenvalue weighted by molar-refractivity contribution is -0.141. The van der Waals surface area contributed by atoms with Gasteiger partial charge < -0.3 is 4.74 Å². The van der Waals surface area contributed by atoms with Gasteiger partial charge in [0.05, 0.1) is 12.8 Å². The zero-order valence-electron chi connectivity index (χ0n) is 10.9. The van der Waals surface area contributed by atoms with Gasteiger partial charge in [-0.15, -0.1) is 0 Å². The molecular formula is C13H15ClN2O4. The molecule has 0 saturated heterocycles. The molecule has 0 spiro atoms. The normalized spacial score (nSPS) is 9.70. The van der Waals surface area contributed by atoms with Crippen LogP contribution in [0.3, 0.4) is 0 Å². The van der Waals surface area contributed by atoms with Crippen molar-refractivity contribution in [3.05, 3.63) is 29.3 Å². The van der Waals surface area contributed by atoms with Gasteiger partial charge in [-0.2, -0.15) is 0 Å². The van der Waals surface area contributed by atoms with Crippen molar-refractivity contribution in [1.29, 1.82) is 0 Å². The van der Waals surface area contributed by atoms with Gasteiger partial charge in [0, 0.05) is 17.9 Å². The monoisotopic (exact) mass is 298 g/mol. The molecular weight excluding hydrogens is 284 g/mol. The molecule has 0 aliphatic heterocycles. The van der Waals surface area contributed by atoms with Crippen LogP contribution >= 0.6 is 11.6 Å². The molecule has 0 bridgehead atoms. The summed E-state index contributed by atoms with van der Waals surface area (Å²) in [7, 11) is 1.27. The summed E-state index contributed by atoms with van der Waals surface area (Å²) in [6.07, 6.45) is 0.378. The number of methoxy groups -OCH3 is 1. The van der Waals surface area contributed by atoms with Crippen LogP contribution < -0.4 is 10.9 Å². The Morgan fingerprint density at radius 2 is 1.80 bits per heavy atom. The quantitative estimate of drug-likeness (QED) is 0.455. The second kappa shape index (κ2) is 8.16. The summed E-state index contributed by atoms with van der Waals surface area (Å²) in [6.45, 7) is 0. The number of ketones is 1. The zero-order chi connectivity index (χ0) is 15.0.